The van der Waals surface area contributed by atoms with Gasteiger partial charge in [0, 0.05) is 31.4 Å². The summed E-state index contributed by atoms with van der Waals surface area (Å²) in [5, 5.41) is 3.41. The third-order valence-electron chi connectivity index (χ3n) is 6.45. The molecule has 7 nitrogen and oxygen atoms in total. The fraction of sp³-hybridized carbons (Fsp3) is 0.545. The Morgan fingerprint density at radius 2 is 2.03 bits per heavy atom. The summed E-state index contributed by atoms with van der Waals surface area (Å²) in [6.45, 7) is 3.54. The molecule has 1 aliphatic heterocycles. The first-order valence-corrected chi connectivity index (χ1v) is 10.4. The number of methoxy groups -OCH3 is 2. The highest BCUT2D eigenvalue weighted by Gasteiger charge is 2.34. The van der Waals surface area contributed by atoms with Crippen LogP contribution in [0.25, 0.3) is 10.9 Å². The summed E-state index contributed by atoms with van der Waals surface area (Å²) in [6, 6.07) is 1.71. The van der Waals surface area contributed by atoms with E-state index in [9.17, 15) is 9.59 Å². The van der Waals surface area contributed by atoms with Gasteiger partial charge in [0.2, 0.25) is 5.43 Å². The second-order valence-electron chi connectivity index (χ2n) is 8.21. The molecule has 1 saturated carbocycles. The van der Waals surface area contributed by atoms with Gasteiger partial charge in [-0.1, -0.05) is 0 Å². The molecule has 2 aliphatic rings. The van der Waals surface area contributed by atoms with E-state index in [-0.39, 0.29) is 17.0 Å². The minimum atomic E-state index is -0.719. The summed E-state index contributed by atoms with van der Waals surface area (Å²) in [5.41, 5.74) is 0.297. The molecular weight excluding hydrogens is 389 g/mol. The topological polar surface area (TPSA) is 72.8 Å². The largest absolute Gasteiger partial charge is 0.492 e. The van der Waals surface area contributed by atoms with Crippen LogP contribution < -0.4 is 20.4 Å². The molecular formula is C22H28FN3O4. The molecule has 1 saturated heterocycles. The quantitative estimate of drug-likeness (QED) is 0.729. The van der Waals surface area contributed by atoms with Gasteiger partial charge in [0.25, 0.3) is 0 Å². The summed E-state index contributed by atoms with van der Waals surface area (Å²) in [6.07, 6.45) is 4.34. The lowest BCUT2D eigenvalue weighted by Crippen LogP contribution is -2.33. The van der Waals surface area contributed by atoms with Crippen molar-refractivity contribution in [3.63, 3.8) is 0 Å². The monoisotopic (exact) mass is 417 g/mol. The van der Waals surface area contributed by atoms with Crippen molar-refractivity contribution in [2.45, 2.75) is 38.3 Å². The minimum Gasteiger partial charge on any atom is -0.492 e. The third kappa shape index (κ3) is 3.33. The van der Waals surface area contributed by atoms with Gasteiger partial charge in [0.05, 0.1) is 25.1 Å². The Bertz CT molecular complexity index is 1050. The maximum atomic E-state index is 15.4. The molecule has 2 aromatic rings. The number of hydrogen-bond acceptors (Lipinski definition) is 6. The smallest absolute Gasteiger partial charge is 0.343 e. The molecule has 1 aromatic carbocycles. The number of esters is 1. The Morgan fingerprint density at radius 3 is 2.63 bits per heavy atom. The number of hydrogen-bond donors (Lipinski definition) is 1. The second kappa shape index (κ2) is 7.91. The van der Waals surface area contributed by atoms with Crippen molar-refractivity contribution in [3.05, 3.63) is 33.9 Å². The molecule has 1 N–H and O–H groups in total. The summed E-state index contributed by atoms with van der Waals surface area (Å²) in [4.78, 5) is 27.1. The molecule has 0 bridgehead atoms. The fourth-order valence-corrected chi connectivity index (χ4v) is 4.46. The zero-order chi connectivity index (χ0) is 21.6. The molecule has 1 aromatic heterocycles. The van der Waals surface area contributed by atoms with Crippen LogP contribution in [0.3, 0.4) is 0 Å². The number of carbonyl (C=O) groups excluding carboxylic acids is 1. The molecule has 2 atom stereocenters. The van der Waals surface area contributed by atoms with Crippen LogP contribution in [-0.2, 0) is 4.74 Å². The van der Waals surface area contributed by atoms with E-state index in [2.05, 4.69) is 12.2 Å². The number of aromatic nitrogens is 1. The van der Waals surface area contributed by atoms with Crippen molar-refractivity contribution in [2.24, 2.45) is 5.92 Å². The lowest BCUT2D eigenvalue weighted by Gasteiger charge is -2.25. The molecule has 30 heavy (non-hydrogen) atoms. The molecule has 0 unspecified atom stereocenters. The average Bonchev–Trinajstić information content (AvgIpc) is 3.48. The van der Waals surface area contributed by atoms with Gasteiger partial charge in [-0.25, -0.2) is 9.18 Å². The van der Waals surface area contributed by atoms with Crippen LogP contribution in [0.4, 0.5) is 10.1 Å². The summed E-state index contributed by atoms with van der Waals surface area (Å²) in [7, 11) is 4.66. The Kier molecular flexibility index (Phi) is 5.44. The predicted octanol–water partition coefficient (Wildman–Crippen LogP) is 2.70. The summed E-state index contributed by atoms with van der Waals surface area (Å²) < 4.78 is 27.7. The highest BCUT2D eigenvalue weighted by Crippen LogP contribution is 2.44. The maximum absolute atomic E-state index is 15.4. The molecule has 8 heteroatoms. The lowest BCUT2D eigenvalue weighted by atomic mass is 10.0. The number of rotatable bonds is 6. The van der Waals surface area contributed by atoms with E-state index in [4.69, 9.17) is 9.47 Å². The van der Waals surface area contributed by atoms with Crippen LogP contribution in [0.5, 0.6) is 5.75 Å². The van der Waals surface area contributed by atoms with Crippen LogP contribution in [0, 0.1) is 11.7 Å². The van der Waals surface area contributed by atoms with E-state index >= 15 is 4.39 Å². The van der Waals surface area contributed by atoms with Crippen molar-refractivity contribution < 1.29 is 18.7 Å². The number of carbonyl (C=O) groups is 1. The van der Waals surface area contributed by atoms with E-state index < -0.39 is 17.2 Å². The van der Waals surface area contributed by atoms with E-state index in [1.54, 1.807) is 0 Å². The zero-order valence-corrected chi connectivity index (χ0v) is 17.8. The summed E-state index contributed by atoms with van der Waals surface area (Å²) in [5.74, 6) is -0.493. The number of halogens is 1. The molecule has 0 amide bonds. The van der Waals surface area contributed by atoms with Crippen molar-refractivity contribution in [1.82, 2.24) is 9.88 Å². The molecule has 4 rings (SSSR count). The maximum Gasteiger partial charge on any atom is 0.343 e. The highest BCUT2D eigenvalue weighted by molar-refractivity contribution is 5.97. The highest BCUT2D eigenvalue weighted by atomic mass is 19.1. The normalized spacial score (nSPS) is 19.9. The number of anilines is 1. The Balaban J connectivity index is 1.92. The third-order valence-corrected chi connectivity index (χ3v) is 6.45. The van der Waals surface area contributed by atoms with Crippen LogP contribution in [0.2, 0.25) is 0 Å². The fourth-order valence-electron chi connectivity index (χ4n) is 4.46. The van der Waals surface area contributed by atoms with Crippen molar-refractivity contribution >= 4 is 22.6 Å². The standard InChI is InChI=1S/C22H28FN3O4/c1-12(24-2)13-7-8-25(10-13)19-17(23)9-15-18(21(19)29-3)26(14-5-6-14)11-16(20(15)27)22(28)30-4/h9,11-14,24H,5-8,10H2,1-4H3/t12-,13+/m0/s1. The van der Waals surface area contributed by atoms with Crippen molar-refractivity contribution in [3.8, 4) is 5.75 Å². The van der Waals surface area contributed by atoms with Gasteiger partial charge in [0.1, 0.15) is 11.3 Å². The van der Waals surface area contributed by atoms with Gasteiger partial charge in [-0.15, -0.1) is 0 Å². The van der Waals surface area contributed by atoms with Gasteiger partial charge < -0.3 is 24.3 Å². The van der Waals surface area contributed by atoms with E-state index in [1.165, 1.54) is 26.5 Å². The van der Waals surface area contributed by atoms with Gasteiger partial charge in [0.15, 0.2) is 11.6 Å². The lowest BCUT2D eigenvalue weighted by molar-refractivity contribution is 0.0598. The van der Waals surface area contributed by atoms with Crippen molar-refractivity contribution in [1.29, 1.82) is 0 Å². The van der Waals surface area contributed by atoms with E-state index in [1.807, 2.05) is 16.5 Å². The van der Waals surface area contributed by atoms with Crippen molar-refractivity contribution in [2.75, 3.05) is 39.3 Å². The van der Waals surface area contributed by atoms with Crippen LogP contribution in [-0.4, -0.2) is 50.9 Å². The van der Waals surface area contributed by atoms with E-state index in [0.29, 0.717) is 42.0 Å². The molecule has 2 heterocycles. The molecule has 162 valence electrons. The number of ether oxygens (including phenoxy) is 2. The Hall–Kier alpha value is -2.61. The van der Waals surface area contributed by atoms with Gasteiger partial charge >= 0.3 is 5.97 Å². The Morgan fingerprint density at radius 1 is 1.30 bits per heavy atom. The Labute approximate surface area is 174 Å². The zero-order valence-electron chi connectivity index (χ0n) is 17.8. The number of fused-ring (bicyclic) bond motifs is 1. The van der Waals surface area contributed by atoms with Gasteiger partial charge in [-0.3, -0.25) is 4.79 Å². The van der Waals surface area contributed by atoms with Crippen LogP contribution in [0.1, 0.15) is 42.6 Å². The molecule has 2 fully saturated rings. The molecule has 0 radical (unpaired) electrons. The van der Waals surface area contributed by atoms with Crippen LogP contribution in [0.15, 0.2) is 17.1 Å². The number of pyridine rings is 1. The first kappa shape index (κ1) is 20.7. The molecule has 0 spiro atoms. The average molecular weight is 417 g/mol. The second-order valence-corrected chi connectivity index (χ2v) is 8.21. The number of nitrogens with one attached hydrogen (secondary N) is 1. The first-order chi connectivity index (χ1) is 14.4. The SMILES string of the molecule is CN[C@@H](C)[C@@H]1CCN(c2c(F)cc3c(=O)c(C(=O)OC)cn(C4CC4)c3c2OC)C1. The van der Waals surface area contributed by atoms with E-state index in [0.717, 1.165) is 19.3 Å². The van der Waals surface area contributed by atoms with Crippen LogP contribution >= 0.6 is 0 Å². The van der Waals surface area contributed by atoms with Gasteiger partial charge in [-0.05, 0) is 45.2 Å². The minimum absolute atomic E-state index is 0.0878. The number of benzene rings is 1. The molecule has 1 aliphatic carbocycles. The first-order valence-electron chi connectivity index (χ1n) is 10.4. The number of nitrogens with zero attached hydrogens (tertiary/aromatic N) is 2. The summed E-state index contributed by atoms with van der Waals surface area (Å²) >= 11 is 0. The van der Waals surface area contributed by atoms with Gasteiger partial charge in [-0.2, -0.15) is 0 Å². The predicted molar refractivity (Wildman–Crippen MR) is 113 cm³/mol.